The molecule has 1 aromatic rings. The van der Waals surface area contributed by atoms with Crippen molar-refractivity contribution < 1.29 is 13.3 Å². The zero-order valence-corrected chi connectivity index (χ0v) is 12.4. The molecule has 0 spiro atoms. The van der Waals surface area contributed by atoms with Gasteiger partial charge in [-0.05, 0) is 20.8 Å². The lowest BCUT2D eigenvalue weighted by Gasteiger charge is -2.23. The summed E-state index contributed by atoms with van der Waals surface area (Å²) in [4.78, 5) is 10.4. The van der Waals surface area contributed by atoms with E-state index in [-0.39, 0.29) is 23.7 Å². The van der Waals surface area contributed by atoms with E-state index in [4.69, 9.17) is 0 Å². The maximum absolute atomic E-state index is 11.6. The van der Waals surface area contributed by atoms with Gasteiger partial charge in [-0.2, -0.15) is 5.10 Å². The predicted octanol–water partition coefficient (Wildman–Crippen LogP) is 0.872. The molecule has 0 atom stereocenters. The van der Waals surface area contributed by atoms with Gasteiger partial charge >= 0.3 is 5.69 Å². The number of sulfone groups is 1. The van der Waals surface area contributed by atoms with E-state index >= 15 is 0 Å². The second-order valence-corrected chi connectivity index (χ2v) is 7.70. The summed E-state index contributed by atoms with van der Waals surface area (Å²) in [5.41, 5.74) is 0.152. The minimum atomic E-state index is -3.27. The molecular formula is C10H18N4O4S. The molecule has 0 amide bonds. The number of aryl methyl sites for hydroxylation is 2. The van der Waals surface area contributed by atoms with Gasteiger partial charge in [0, 0.05) is 19.8 Å². The standard InChI is InChI=1S/C10H18N4O4S/c1-7-8(14(15)16)9(13(4)12-7)11-6-10(2,3)19(5,17)18/h11H,6H2,1-5H3. The van der Waals surface area contributed by atoms with Crippen LogP contribution in [-0.2, 0) is 16.9 Å². The molecule has 0 saturated carbocycles. The van der Waals surface area contributed by atoms with Crippen molar-refractivity contribution in [1.29, 1.82) is 0 Å². The van der Waals surface area contributed by atoms with E-state index in [0.717, 1.165) is 6.26 Å². The molecule has 0 aliphatic carbocycles. The molecule has 0 aliphatic rings. The zero-order chi connectivity index (χ0) is 15.0. The highest BCUT2D eigenvalue weighted by atomic mass is 32.2. The van der Waals surface area contributed by atoms with Crippen LogP contribution in [0.4, 0.5) is 11.5 Å². The van der Waals surface area contributed by atoms with Crippen LogP contribution in [0.5, 0.6) is 0 Å². The summed E-state index contributed by atoms with van der Waals surface area (Å²) in [6.07, 6.45) is 1.14. The average Bonchev–Trinajstić information content (AvgIpc) is 2.48. The highest BCUT2D eigenvalue weighted by Gasteiger charge is 2.32. The molecule has 1 aromatic heterocycles. The van der Waals surface area contributed by atoms with Crippen molar-refractivity contribution in [2.45, 2.75) is 25.5 Å². The Kier molecular flexibility index (Phi) is 3.89. The van der Waals surface area contributed by atoms with Crippen molar-refractivity contribution in [3.05, 3.63) is 15.8 Å². The Morgan fingerprint density at radius 3 is 2.42 bits per heavy atom. The third-order valence-electron chi connectivity index (χ3n) is 3.06. The topological polar surface area (TPSA) is 107 Å². The highest BCUT2D eigenvalue weighted by Crippen LogP contribution is 2.28. The van der Waals surface area contributed by atoms with E-state index in [0.29, 0.717) is 0 Å². The number of nitro groups is 1. The molecule has 108 valence electrons. The molecule has 1 heterocycles. The monoisotopic (exact) mass is 290 g/mol. The van der Waals surface area contributed by atoms with Crippen LogP contribution in [0.25, 0.3) is 0 Å². The lowest BCUT2D eigenvalue weighted by Crippen LogP contribution is -2.38. The van der Waals surface area contributed by atoms with Crippen molar-refractivity contribution in [1.82, 2.24) is 9.78 Å². The number of aromatic nitrogens is 2. The summed E-state index contributed by atoms with van der Waals surface area (Å²) < 4.78 is 23.5. The molecule has 0 fully saturated rings. The average molecular weight is 290 g/mol. The Balaban J connectivity index is 3.06. The van der Waals surface area contributed by atoms with E-state index in [1.54, 1.807) is 20.9 Å². The number of nitrogens with zero attached hydrogens (tertiary/aromatic N) is 3. The third-order valence-corrected chi connectivity index (χ3v) is 5.21. The number of hydrogen-bond acceptors (Lipinski definition) is 6. The van der Waals surface area contributed by atoms with Gasteiger partial charge in [0.25, 0.3) is 0 Å². The van der Waals surface area contributed by atoms with Crippen LogP contribution in [0, 0.1) is 17.0 Å². The Morgan fingerprint density at radius 2 is 2.00 bits per heavy atom. The van der Waals surface area contributed by atoms with Crippen molar-refractivity contribution in [3.63, 3.8) is 0 Å². The third kappa shape index (κ3) is 3.03. The first-order chi connectivity index (χ1) is 8.47. The Bertz CT molecular complexity index is 603. The summed E-state index contributed by atoms with van der Waals surface area (Å²) in [5.74, 6) is 0.208. The first kappa shape index (κ1) is 15.4. The molecule has 0 bridgehead atoms. The second kappa shape index (κ2) is 4.80. The summed E-state index contributed by atoms with van der Waals surface area (Å²) >= 11 is 0. The molecule has 0 aromatic carbocycles. The van der Waals surface area contributed by atoms with Crippen molar-refractivity contribution in [2.24, 2.45) is 7.05 Å². The fraction of sp³-hybridized carbons (Fsp3) is 0.700. The Morgan fingerprint density at radius 1 is 1.47 bits per heavy atom. The van der Waals surface area contributed by atoms with Gasteiger partial charge in [0.05, 0.1) is 9.67 Å². The van der Waals surface area contributed by atoms with Crippen LogP contribution in [0.1, 0.15) is 19.5 Å². The molecule has 0 aliphatic heterocycles. The van der Waals surface area contributed by atoms with Gasteiger partial charge in [0.15, 0.2) is 9.84 Å². The quantitative estimate of drug-likeness (QED) is 0.637. The van der Waals surface area contributed by atoms with Crippen LogP contribution in [0.2, 0.25) is 0 Å². The Hall–Kier alpha value is -1.64. The molecule has 0 unspecified atom stereocenters. The van der Waals surface area contributed by atoms with Gasteiger partial charge in [-0.15, -0.1) is 0 Å². The Labute approximate surface area is 111 Å². The smallest absolute Gasteiger partial charge is 0.333 e. The molecular weight excluding hydrogens is 272 g/mol. The lowest BCUT2D eigenvalue weighted by molar-refractivity contribution is -0.384. The van der Waals surface area contributed by atoms with Crippen LogP contribution < -0.4 is 5.32 Å². The van der Waals surface area contributed by atoms with E-state index < -0.39 is 19.5 Å². The largest absolute Gasteiger partial charge is 0.363 e. The van der Waals surface area contributed by atoms with Crippen LogP contribution in [-0.4, -0.2) is 40.7 Å². The van der Waals surface area contributed by atoms with Crippen molar-refractivity contribution >= 4 is 21.3 Å². The van der Waals surface area contributed by atoms with Crippen molar-refractivity contribution in [3.8, 4) is 0 Å². The van der Waals surface area contributed by atoms with Gasteiger partial charge in [-0.25, -0.2) is 13.1 Å². The predicted molar refractivity (Wildman–Crippen MR) is 72.0 cm³/mol. The second-order valence-electron chi connectivity index (χ2n) is 5.05. The normalized spacial score (nSPS) is 12.5. The summed E-state index contributed by atoms with van der Waals surface area (Å²) in [5, 5.41) is 17.7. The number of nitrogens with one attached hydrogen (secondary N) is 1. The molecule has 1 rings (SSSR count). The molecule has 0 radical (unpaired) electrons. The first-order valence-electron chi connectivity index (χ1n) is 5.59. The zero-order valence-electron chi connectivity index (χ0n) is 11.6. The van der Waals surface area contributed by atoms with Gasteiger partial charge < -0.3 is 5.32 Å². The number of rotatable bonds is 5. The molecule has 0 saturated heterocycles. The van der Waals surface area contributed by atoms with E-state index in [1.807, 2.05) is 0 Å². The maximum Gasteiger partial charge on any atom is 0.333 e. The summed E-state index contributed by atoms with van der Waals surface area (Å²) in [6, 6.07) is 0. The van der Waals surface area contributed by atoms with Crippen LogP contribution in [0.3, 0.4) is 0 Å². The minimum Gasteiger partial charge on any atom is -0.363 e. The number of anilines is 1. The minimum absolute atomic E-state index is 0.0612. The van der Waals surface area contributed by atoms with Crippen LogP contribution in [0.15, 0.2) is 0 Å². The first-order valence-corrected chi connectivity index (χ1v) is 7.48. The fourth-order valence-electron chi connectivity index (χ4n) is 1.49. The van der Waals surface area contributed by atoms with Gasteiger partial charge in [-0.3, -0.25) is 10.1 Å². The molecule has 8 nitrogen and oxygen atoms in total. The molecule has 9 heteroatoms. The SMILES string of the molecule is Cc1nn(C)c(NCC(C)(C)S(C)(=O)=O)c1[N+](=O)[O-]. The molecule has 19 heavy (non-hydrogen) atoms. The highest BCUT2D eigenvalue weighted by molar-refractivity contribution is 7.92. The molecule has 1 N–H and O–H groups in total. The van der Waals surface area contributed by atoms with Gasteiger partial charge in [0.2, 0.25) is 5.82 Å². The van der Waals surface area contributed by atoms with E-state index in [2.05, 4.69) is 10.4 Å². The number of hydrogen-bond donors (Lipinski definition) is 1. The van der Waals surface area contributed by atoms with E-state index in [1.165, 1.54) is 11.6 Å². The van der Waals surface area contributed by atoms with Gasteiger partial charge in [-0.1, -0.05) is 0 Å². The summed E-state index contributed by atoms with van der Waals surface area (Å²) in [6.45, 7) is 4.71. The van der Waals surface area contributed by atoms with E-state index in [9.17, 15) is 18.5 Å². The lowest BCUT2D eigenvalue weighted by atomic mass is 10.2. The fourth-order valence-corrected chi connectivity index (χ4v) is 1.83. The maximum atomic E-state index is 11.6. The van der Waals surface area contributed by atoms with Crippen molar-refractivity contribution in [2.75, 3.05) is 18.1 Å². The summed E-state index contributed by atoms with van der Waals surface area (Å²) in [7, 11) is -1.71. The van der Waals surface area contributed by atoms with Crippen LogP contribution >= 0.6 is 0 Å². The van der Waals surface area contributed by atoms with Gasteiger partial charge in [0.1, 0.15) is 5.69 Å².